The van der Waals surface area contributed by atoms with Gasteiger partial charge in [-0.1, -0.05) is 6.92 Å². The zero-order valence-corrected chi connectivity index (χ0v) is 9.27. The molecule has 0 aliphatic heterocycles. The third-order valence-electron chi connectivity index (χ3n) is 2.23. The minimum atomic E-state index is -0.688. The van der Waals surface area contributed by atoms with Crippen molar-refractivity contribution in [1.82, 2.24) is 15.1 Å². The van der Waals surface area contributed by atoms with Gasteiger partial charge in [-0.3, -0.25) is 4.68 Å². The van der Waals surface area contributed by atoms with E-state index in [1.165, 1.54) is 0 Å². The molecule has 0 saturated heterocycles. The first-order chi connectivity index (χ1) is 7.17. The van der Waals surface area contributed by atoms with Crippen LogP contribution in [0.15, 0.2) is 6.20 Å². The maximum Gasteiger partial charge on any atom is 0.0895 e. The number of aromatic nitrogens is 2. The molecule has 1 heterocycles. The van der Waals surface area contributed by atoms with Crippen LogP contribution in [0.25, 0.3) is 0 Å². The molecule has 0 spiro atoms. The average molecular weight is 213 g/mol. The Labute approximate surface area is 89.7 Å². The van der Waals surface area contributed by atoms with Crippen LogP contribution >= 0.6 is 0 Å². The summed E-state index contributed by atoms with van der Waals surface area (Å²) < 4.78 is 1.79. The van der Waals surface area contributed by atoms with Crippen molar-refractivity contribution < 1.29 is 10.2 Å². The van der Waals surface area contributed by atoms with E-state index in [1.807, 2.05) is 13.2 Å². The highest BCUT2D eigenvalue weighted by atomic mass is 16.3. The van der Waals surface area contributed by atoms with Crippen molar-refractivity contribution in [3.05, 3.63) is 17.5 Å². The van der Waals surface area contributed by atoms with Gasteiger partial charge in [-0.2, -0.15) is 5.10 Å². The number of aliphatic hydroxyl groups is 2. The van der Waals surface area contributed by atoms with Gasteiger partial charge in [0.25, 0.3) is 0 Å². The maximum absolute atomic E-state index is 9.13. The number of aliphatic hydroxyl groups excluding tert-OH is 2. The van der Waals surface area contributed by atoms with Gasteiger partial charge >= 0.3 is 0 Å². The molecule has 86 valence electrons. The minimum absolute atomic E-state index is 0.208. The van der Waals surface area contributed by atoms with Gasteiger partial charge in [-0.15, -0.1) is 0 Å². The van der Waals surface area contributed by atoms with Crippen molar-refractivity contribution >= 4 is 0 Å². The lowest BCUT2D eigenvalue weighted by molar-refractivity contribution is 0.0942. The zero-order valence-electron chi connectivity index (χ0n) is 9.27. The summed E-state index contributed by atoms with van der Waals surface area (Å²) in [5, 5.41) is 25.2. The lowest BCUT2D eigenvalue weighted by Crippen LogP contribution is -2.29. The molecule has 0 radical (unpaired) electrons. The predicted molar refractivity (Wildman–Crippen MR) is 57.4 cm³/mol. The Bertz CT molecular complexity index is 299. The van der Waals surface area contributed by atoms with E-state index >= 15 is 0 Å². The number of nitrogens with one attached hydrogen (secondary N) is 1. The van der Waals surface area contributed by atoms with Gasteiger partial charge in [-0.25, -0.2) is 0 Å². The van der Waals surface area contributed by atoms with Crippen LogP contribution in [-0.4, -0.2) is 39.2 Å². The summed E-state index contributed by atoms with van der Waals surface area (Å²) in [6.45, 7) is 2.93. The van der Waals surface area contributed by atoms with Crippen molar-refractivity contribution in [2.45, 2.75) is 26.0 Å². The van der Waals surface area contributed by atoms with Crippen molar-refractivity contribution in [3.63, 3.8) is 0 Å². The Kier molecular flexibility index (Phi) is 4.74. The first-order valence-electron chi connectivity index (χ1n) is 5.18. The molecular weight excluding hydrogens is 194 g/mol. The fraction of sp³-hybridized carbons (Fsp3) is 0.700. The van der Waals surface area contributed by atoms with Crippen molar-refractivity contribution in [3.8, 4) is 0 Å². The number of hydrogen-bond acceptors (Lipinski definition) is 4. The van der Waals surface area contributed by atoms with E-state index in [4.69, 9.17) is 10.2 Å². The van der Waals surface area contributed by atoms with Gasteiger partial charge in [0.05, 0.1) is 18.4 Å². The van der Waals surface area contributed by atoms with Crippen LogP contribution in [0.4, 0.5) is 0 Å². The van der Waals surface area contributed by atoms with Crippen molar-refractivity contribution in [1.29, 1.82) is 0 Å². The van der Waals surface area contributed by atoms with E-state index in [9.17, 15) is 0 Å². The van der Waals surface area contributed by atoms with Gasteiger partial charge in [-0.05, 0) is 6.42 Å². The van der Waals surface area contributed by atoms with Gasteiger partial charge in [0, 0.05) is 31.9 Å². The number of aryl methyl sites for hydroxylation is 2. The van der Waals surface area contributed by atoms with E-state index in [0.717, 1.165) is 17.7 Å². The molecule has 0 aliphatic rings. The molecule has 0 saturated carbocycles. The lowest BCUT2D eigenvalue weighted by atomic mass is 10.2. The molecule has 0 aromatic carbocycles. The second-order valence-electron chi connectivity index (χ2n) is 3.60. The molecule has 0 bridgehead atoms. The Morgan fingerprint density at radius 1 is 1.60 bits per heavy atom. The Balaban J connectivity index is 2.42. The highest BCUT2D eigenvalue weighted by Gasteiger charge is 2.06. The van der Waals surface area contributed by atoms with E-state index in [1.54, 1.807) is 4.68 Å². The molecule has 1 aromatic heterocycles. The van der Waals surface area contributed by atoms with Crippen LogP contribution in [0.2, 0.25) is 0 Å². The molecule has 0 amide bonds. The van der Waals surface area contributed by atoms with Crippen LogP contribution in [0.5, 0.6) is 0 Å². The second kappa shape index (κ2) is 5.85. The molecule has 1 rings (SSSR count). The molecule has 0 aliphatic carbocycles. The predicted octanol–water partition coefficient (Wildman–Crippen LogP) is -0.575. The highest BCUT2D eigenvalue weighted by Crippen LogP contribution is 2.06. The van der Waals surface area contributed by atoms with Crippen LogP contribution < -0.4 is 5.32 Å². The topological polar surface area (TPSA) is 70.3 Å². The molecule has 0 unspecified atom stereocenters. The smallest absolute Gasteiger partial charge is 0.0895 e. The quantitative estimate of drug-likeness (QED) is 0.591. The SMILES string of the molecule is CCc1nn(C)cc1CNC[C@H](O)CO. The van der Waals surface area contributed by atoms with Gasteiger partial charge in [0.15, 0.2) is 0 Å². The van der Waals surface area contributed by atoms with Gasteiger partial charge in [0.2, 0.25) is 0 Å². The van der Waals surface area contributed by atoms with Gasteiger partial charge in [0.1, 0.15) is 0 Å². The molecule has 1 aromatic rings. The normalized spacial score (nSPS) is 13.1. The Morgan fingerprint density at radius 3 is 2.93 bits per heavy atom. The van der Waals surface area contributed by atoms with E-state index in [-0.39, 0.29) is 6.61 Å². The van der Waals surface area contributed by atoms with Crippen LogP contribution in [0.1, 0.15) is 18.2 Å². The van der Waals surface area contributed by atoms with Crippen molar-refractivity contribution in [2.75, 3.05) is 13.2 Å². The summed E-state index contributed by atoms with van der Waals surface area (Å²) >= 11 is 0. The van der Waals surface area contributed by atoms with E-state index in [0.29, 0.717) is 13.1 Å². The summed E-state index contributed by atoms with van der Waals surface area (Å²) in [7, 11) is 1.89. The zero-order chi connectivity index (χ0) is 11.3. The summed E-state index contributed by atoms with van der Waals surface area (Å²) in [6, 6.07) is 0. The largest absolute Gasteiger partial charge is 0.394 e. The summed E-state index contributed by atoms with van der Waals surface area (Å²) in [6.07, 6.45) is 2.18. The number of rotatable bonds is 6. The third kappa shape index (κ3) is 3.62. The molecule has 0 fully saturated rings. The summed E-state index contributed by atoms with van der Waals surface area (Å²) in [5.74, 6) is 0. The van der Waals surface area contributed by atoms with Crippen LogP contribution in [0, 0.1) is 0 Å². The van der Waals surface area contributed by atoms with E-state index in [2.05, 4.69) is 17.3 Å². The van der Waals surface area contributed by atoms with E-state index < -0.39 is 6.10 Å². The standard InChI is InChI=1S/C10H19N3O2/c1-3-10-8(6-13(2)12-10)4-11-5-9(15)7-14/h6,9,11,14-15H,3-5,7H2,1-2H3/t9-/m0/s1. The summed E-state index contributed by atoms with van der Waals surface area (Å²) in [5.41, 5.74) is 2.22. The Hall–Kier alpha value is -0.910. The number of hydrogen-bond donors (Lipinski definition) is 3. The first-order valence-corrected chi connectivity index (χ1v) is 5.18. The highest BCUT2D eigenvalue weighted by molar-refractivity contribution is 5.16. The third-order valence-corrected chi connectivity index (χ3v) is 2.23. The molecular formula is C10H19N3O2. The molecule has 5 nitrogen and oxygen atoms in total. The first kappa shape index (κ1) is 12.2. The molecule has 15 heavy (non-hydrogen) atoms. The van der Waals surface area contributed by atoms with Gasteiger partial charge < -0.3 is 15.5 Å². The Morgan fingerprint density at radius 2 is 2.33 bits per heavy atom. The van der Waals surface area contributed by atoms with Crippen LogP contribution in [0.3, 0.4) is 0 Å². The van der Waals surface area contributed by atoms with Crippen LogP contribution in [-0.2, 0) is 20.0 Å². The number of nitrogens with zero attached hydrogens (tertiary/aromatic N) is 2. The molecule has 1 atom stereocenters. The summed E-state index contributed by atoms with van der Waals surface area (Å²) in [4.78, 5) is 0. The second-order valence-corrected chi connectivity index (χ2v) is 3.60. The van der Waals surface area contributed by atoms with Crippen molar-refractivity contribution in [2.24, 2.45) is 7.05 Å². The monoisotopic (exact) mass is 213 g/mol. The fourth-order valence-corrected chi connectivity index (χ4v) is 1.47. The average Bonchev–Trinajstić information content (AvgIpc) is 2.58. The lowest BCUT2D eigenvalue weighted by Gasteiger charge is -2.08. The fourth-order valence-electron chi connectivity index (χ4n) is 1.47. The minimum Gasteiger partial charge on any atom is -0.394 e. The maximum atomic E-state index is 9.13. The molecule has 3 N–H and O–H groups in total. The molecule has 5 heteroatoms.